The van der Waals surface area contributed by atoms with Crippen LogP contribution < -0.4 is 5.32 Å². The molecular formula is C21H24N4S. The van der Waals surface area contributed by atoms with Crippen LogP contribution in [0.4, 0.5) is 11.1 Å². The van der Waals surface area contributed by atoms with E-state index in [2.05, 4.69) is 44.9 Å². The Kier molecular flexibility index (Phi) is 4.98. The van der Waals surface area contributed by atoms with E-state index in [-0.39, 0.29) is 0 Å². The Morgan fingerprint density at radius 2 is 1.62 bits per heavy atom. The van der Waals surface area contributed by atoms with Crippen LogP contribution in [0.5, 0.6) is 0 Å². The van der Waals surface area contributed by atoms with Crippen LogP contribution in [0.1, 0.15) is 55.0 Å². The van der Waals surface area contributed by atoms with Crippen LogP contribution in [0, 0.1) is 13.8 Å². The Hall–Kier alpha value is -2.27. The third kappa shape index (κ3) is 3.93. The average molecular weight is 365 g/mol. The van der Waals surface area contributed by atoms with Crippen LogP contribution in [-0.4, -0.2) is 15.0 Å². The Balaban J connectivity index is 1.48. The number of hydrogen-bond acceptors (Lipinski definition) is 5. The standard InChI is InChI=1S/C21H24N4S/c1-14-12-15(2)23-20(22-14)25-21-24-19(13-26-21)18-10-8-17(9-11-18)16-6-4-3-5-7-16/h8-13,16H,3-7H2,1-2H3,(H,22,23,24,25). The van der Waals surface area contributed by atoms with Gasteiger partial charge in [-0.05, 0) is 44.2 Å². The minimum absolute atomic E-state index is 0.607. The Morgan fingerprint density at radius 3 is 2.31 bits per heavy atom. The van der Waals surface area contributed by atoms with Crippen molar-refractivity contribution >= 4 is 22.4 Å². The van der Waals surface area contributed by atoms with Crippen molar-refractivity contribution in [3.63, 3.8) is 0 Å². The molecule has 5 heteroatoms. The lowest BCUT2D eigenvalue weighted by molar-refractivity contribution is 0.443. The van der Waals surface area contributed by atoms with Gasteiger partial charge in [-0.1, -0.05) is 43.5 Å². The lowest BCUT2D eigenvalue weighted by atomic mass is 9.84. The van der Waals surface area contributed by atoms with Crippen molar-refractivity contribution in [1.82, 2.24) is 15.0 Å². The summed E-state index contributed by atoms with van der Waals surface area (Å²) in [6, 6.07) is 10.9. The summed E-state index contributed by atoms with van der Waals surface area (Å²) in [7, 11) is 0. The summed E-state index contributed by atoms with van der Waals surface area (Å²) in [4.78, 5) is 13.5. The largest absolute Gasteiger partial charge is 0.300 e. The summed E-state index contributed by atoms with van der Waals surface area (Å²) in [5, 5.41) is 6.13. The van der Waals surface area contributed by atoms with Gasteiger partial charge in [0.1, 0.15) is 0 Å². The number of nitrogens with zero attached hydrogens (tertiary/aromatic N) is 3. The molecule has 1 aliphatic carbocycles. The van der Waals surface area contributed by atoms with Crippen LogP contribution in [0.3, 0.4) is 0 Å². The fourth-order valence-electron chi connectivity index (χ4n) is 3.70. The van der Waals surface area contributed by atoms with Crippen molar-refractivity contribution in [2.75, 3.05) is 5.32 Å². The van der Waals surface area contributed by atoms with E-state index in [0.29, 0.717) is 5.95 Å². The molecule has 3 aromatic rings. The Bertz CT molecular complexity index is 859. The van der Waals surface area contributed by atoms with Gasteiger partial charge in [-0.3, -0.25) is 0 Å². The number of thiazole rings is 1. The second kappa shape index (κ2) is 7.54. The lowest BCUT2D eigenvalue weighted by Gasteiger charge is -2.22. The molecule has 0 bridgehead atoms. The van der Waals surface area contributed by atoms with Gasteiger partial charge in [-0.2, -0.15) is 0 Å². The van der Waals surface area contributed by atoms with Gasteiger partial charge in [-0.25, -0.2) is 15.0 Å². The van der Waals surface area contributed by atoms with Crippen LogP contribution in [0.15, 0.2) is 35.7 Å². The predicted octanol–water partition coefficient (Wildman–Crippen LogP) is 6.01. The number of rotatable bonds is 4. The molecule has 0 atom stereocenters. The van der Waals surface area contributed by atoms with Gasteiger partial charge in [0.05, 0.1) is 5.69 Å². The fourth-order valence-corrected chi connectivity index (χ4v) is 4.42. The highest BCUT2D eigenvalue weighted by Crippen LogP contribution is 2.34. The molecule has 1 saturated carbocycles. The molecule has 26 heavy (non-hydrogen) atoms. The highest BCUT2D eigenvalue weighted by Gasteiger charge is 2.15. The normalized spacial score (nSPS) is 15.2. The topological polar surface area (TPSA) is 50.7 Å². The van der Waals surface area contributed by atoms with Crippen molar-refractivity contribution in [2.24, 2.45) is 0 Å². The molecule has 134 valence electrons. The van der Waals surface area contributed by atoms with Crippen LogP contribution in [0.2, 0.25) is 0 Å². The van der Waals surface area contributed by atoms with Gasteiger partial charge in [0, 0.05) is 22.3 Å². The summed E-state index contributed by atoms with van der Waals surface area (Å²) < 4.78 is 0. The SMILES string of the molecule is Cc1cc(C)nc(Nc2nc(-c3ccc(C4CCCCC4)cc3)cs2)n1. The monoisotopic (exact) mass is 364 g/mol. The summed E-state index contributed by atoms with van der Waals surface area (Å²) >= 11 is 1.58. The van der Waals surface area contributed by atoms with E-state index in [1.165, 1.54) is 37.7 Å². The van der Waals surface area contributed by atoms with E-state index < -0.39 is 0 Å². The molecule has 0 radical (unpaired) electrons. The number of hydrogen-bond donors (Lipinski definition) is 1. The molecule has 1 N–H and O–H groups in total. The maximum absolute atomic E-state index is 4.70. The number of aromatic nitrogens is 3. The van der Waals surface area contributed by atoms with E-state index >= 15 is 0 Å². The van der Waals surface area contributed by atoms with E-state index in [0.717, 1.165) is 33.7 Å². The molecule has 4 nitrogen and oxygen atoms in total. The van der Waals surface area contributed by atoms with E-state index in [1.807, 2.05) is 19.9 Å². The molecule has 1 fully saturated rings. The quantitative estimate of drug-likeness (QED) is 0.616. The summed E-state index contributed by atoms with van der Waals surface area (Å²) in [6.07, 6.45) is 6.80. The summed E-state index contributed by atoms with van der Waals surface area (Å²) in [5.41, 5.74) is 5.54. The molecule has 2 heterocycles. The number of aryl methyl sites for hydroxylation is 2. The molecule has 0 saturated heterocycles. The zero-order valence-electron chi connectivity index (χ0n) is 15.3. The van der Waals surface area contributed by atoms with Gasteiger partial charge in [0.2, 0.25) is 5.95 Å². The second-order valence-corrected chi connectivity index (χ2v) is 7.95. The van der Waals surface area contributed by atoms with Crippen LogP contribution in [-0.2, 0) is 0 Å². The first-order valence-electron chi connectivity index (χ1n) is 9.32. The van der Waals surface area contributed by atoms with E-state index in [1.54, 1.807) is 11.3 Å². The van der Waals surface area contributed by atoms with E-state index in [9.17, 15) is 0 Å². The predicted molar refractivity (Wildman–Crippen MR) is 108 cm³/mol. The molecule has 1 aliphatic rings. The minimum Gasteiger partial charge on any atom is -0.300 e. The highest BCUT2D eigenvalue weighted by molar-refractivity contribution is 7.14. The number of nitrogens with one attached hydrogen (secondary N) is 1. The van der Waals surface area contributed by atoms with Crippen molar-refractivity contribution in [3.05, 3.63) is 52.7 Å². The first-order chi connectivity index (χ1) is 12.7. The van der Waals surface area contributed by atoms with Gasteiger partial charge in [0.25, 0.3) is 0 Å². The molecule has 0 spiro atoms. The third-order valence-corrected chi connectivity index (χ3v) is 5.75. The molecule has 4 rings (SSSR count). The summed E-state index contributed by atoms with van der Waals surface area (Å²) in [5.74, 6) is 1.35. The van der Waals surface area contributed by atoms with Gasteiger partial charge in [-0.15, -0.1) is 11.3 Å². The maximum Gasteiger partial charge on any atom is 0.229 e. The molecule has 2 aromatic heterocycles. The van der Waals surface area contributed by atoms with Crippen molar-refractivity contribution in [2.45, 2.75) is 51.9 Å². The van der Waals surface area contributed by atoms with Crippen molar-refractivity contribution in [3.8, 4) is 11.3 Å². The zero-order chi connectivity index (χ0) is 17.9. The van der Waals surface area contributed by atoms with Gasteiger partial charge in [0.15, 0.2) is 5.13 Å². The fraction of sp³-hybridized carbons (Fsp3) is 0.381. The van der Waals surface area contributed by atoms with Crippen molar-refractivity contribution in [1.29, 1.82) is 0 Å². The number of benzene rings is 1. The van der Waals surface area contributed by atoms with Gasteiger partial charge >= 0.3 is 0 Å². The molecule has 0 unspecified atom stereocenters. The maximum atomic E-state index is 4.70. The van der Waals surface area contributed by atoms with Crippen molar-refractivity contribution < 1.29 is 0 Å². The Morgan fingerprint density at radius 1 is 0.923 bits per heavy atom. The highest BCUT2D eigenvalue weighted by atomic mass is 32.1. The third-order valence-electron chi connectivity index (χ3n) is 4.99. The first-order valence-corrected chi connectivity index (χ1v) is 10.2. The smallest absolute Gasteiger partial charge is 0.229 e. The zero-order valence-corrected chi connectivity index (χ0v) is 16.1. The summed E-state index contributed by atoms with van der Waals surface area (Å²) in [6.45, 7) is 3.95. The molecule has 1 aromatic carbocycles. The Labute approximate surface area is 158 Å². The van der Waals surface area contributed by atoms with E-state index in [4.69, 9.17) is 4.98 Å². The molecule has 0 aliphatic heterocycles. The average Bonchev–Trinajstić information content (AvgIpc) is 3.10. The number of anilines is 2. The first kappa shape index (κ1) is 17.2. The van der Waals surface area contributed by atoms with Crippen LogP contribution >= 0.6 is 11.3 Å². The lowest BCUT2D eigenvalue weighted by Crippen LogP contribution is -2.04. The second-order valence-electron chi connectivity index (χ2n) is 7.09. The minimum atomic E-state index is 0.607. The molecule has 0 amide bonds. The van der Waals surface area contributed by atoms with Crippen LogP contribution in [0.25, 0.3) is 11.3 Å². The van der Waals surface area contributed by atoms with Gasteiger partial charge < -0.3 is 5.32 Å². The molecular weight excluding hydrogens is 340 g/mol.